The molecule has 2 saturated heterocycles. The van der Waals surface area contributed by atoms with Crippen molar-refractivity contribution in [2.24, 2.45) is 5.92 Å². The number of carbonyl (C=O) groups excluding carboxylic acids is 2. The third-order valence-corrected chi connectivity index (χ3v) is 5.33. The number of nitrogens with zero attached hydrogens (tertiary/aromatic N) is 2. The molecule has 0 radical (unpaired) electrons. The number of morpholine rings is 1. The Balaban J connectivity index is 1.50. The molecule has 2 aliphatic rings. The summed E-state index contributed by atoms with van der Waals surface area (Å²) in [6.45, 7) is 4.98. The number of likely N-dealkylation sites (N-methyl/N-ethyl adjacent to an activating group) is 1. The molecular formula is C20H30N4O3. The van der Waals surface area contributed by atoms with Crippen LogP contribution < -0.4 is 10.6 Å². The van der Waals surface area contributed by atoms with E-state index in [1.807, 2.05) is 50.2 Å². The maximum absolute atomic E-state index is 12.6. The van der Waals surface area contributed by atoms with E-state index < -0.39 is 0 Å². The lowest BCUT2D eigenvalue weighted by atomic mass is 9.99. The number of fused-ring (bicyclic) bond motifs is 2. The van der Waals surface area contributed by atoms with Gasteiger partial charge in [-0.15, -0.1) is 0 Å². The molecule has 148 valence electrons. The molecule has 2 aliphatic heterocycles. The minimum Gasteiger partial charge on any atom is -0.370 e. The summed E-state index contributed by atoms with van der Waals surface area (Å²) in [5, 5.41) is 5.98. The maximum atomic E-state index is 12.6. The number of urea groups is 1. The number of benzene rings is 1. The highest BCUT2D eigenvalue weighted by Crippen LogP contribution is 2.32. The third-order valence-electron chi connectivity index (χ3n) is 5.33. The van der Waals surface area contributed by atoms with Crippen molar-refractivity contribution in [2.45, 2.75) is 32.1 Å². The number of rotatable bonds is 6. The van der Waals surface area contributed by atoms with Crippen molar-refractivity contribution in [3.05, 3.63) is 35.4 Å². The Morgan fingerprint density at radius 2 is 2.00 bits per heavy atom. The van der Waals surface area contributed by atoms with Gasteiger partial charge in [-0.1, -0.05) is 24.3 Å². The largest absolute Gasteiger partial charge is 0.370 e. The first-order valence-corrected chi connectivity index (χ1v) is 9.59. The van der Waals surface area contributed by atoms with Crippen LogP contribution in [-0.2, 0) is 16.1 Å². The SMILES string of the molecule is Cc1ccccc1CNC(=O)N1C[C@H]2C[C@@H](C(=O)NCCN(C)C)[C@@H](C1)O2. The number of hydrogen-bond donors (Lipinski definition) is 2. The van der Waals surface area contributed by atoms with E-state index in [0.717, 1.165) is 17.7 Å². The Bertz CT molecular complexity index is 679. The Kier molecular flexibility index (Phi) is 6.34. The fourth-order valence-corrected chi connectivity index (χ4v) is 3.72. The highest BCUT2D eigenvalue weighted by Gasteiger charge is 2.45. The summed E-state index contributed by atoms with van der Waals surface area (Å²) in [5.74, 6) is -0.141. The van der Waals surface area contributed by atoms with Gasteiger partial charge < -0.3 is 25.2 Å². The van der Waals surface area contributed by atoms with E-state index in [-0.39, 0.29) is 30.1 Å². The predicted octanol–water partition coefficient (Wildman–Crippen LogP) is 0.972. The Morgan fingerprint density at radius 1 is 1.22 bits per heavy atom. The van der Waals surface area contributed by atoms with Gasteiger partial charge in [-0.25, -0.2) is 4.79 Å². The number of amides is 3. The minimum atomic E-state index is -0.215. The van der Waals surface area contributed by atoms with Gasteiger partial charge in [0.2, 0.25) is 5.91 Å². The molecule has 7 heteroatoms. The van der Waals surface area contributed by atoms with Crippen LogP contribution in [-0.4, -0.2) is 74.2 Å². The Hall–Kier alpha value is -2.12. The molecule has 3 atom stereocenters. The second-order valence-electron chi connectivity index (χ2n) is 7.72. The Morgan fingerprint density at radius 3 is 2.74 bits per heavy atom. The van der Waals surface area contributed by atoms with Crippen LogP contribution in [0.25, 0.3) is 0 Å². The molecule has 1 aromatic rings. The number of likely N-dealkylation sites (tertiary alicyclic amines) is 1. The lowest BCUT2D eigenvalue weighted by Gasteiger charge is -2.32. The van der Waals surface area contributed by atoms with Gasteiger partial charge >= 0.3 is 6.03 Å². The van der Waals surface area contributed by atoms with Crippen LogP contribution in [0.2, 0.25) is 0 Å². The average molecular weight is 374 g/mol. The van der Waals surface area contributed by atoms with Crippen molar-refractivity contribution < 1.29 is 14.3 Å². The summed E-state index contributed by atoms with van der Waals surface area (Å²) in [6, 6.07) is 7.93. The molecule has 27 heavy (non-hydrogen) atoms. The molecule has 0 saturated carbocycles. The van der Waals surface area contributed by atoms with E-state index in [2.05, 4.69) is 10.6 Å². The standard InChI is InChI=1S/C20H30N4O3/c1-14-6-4-5-7-15(14)11-22-20(26)24-12-16-10-17(18(13-24)27-16)19(25)21-8-9-23(2)3/h4-7,16-18H,8-13H2,1-3H3,(H,21,25)(H,22,26)/t16-,17-,18-/m1/s1. The molecule has 1 aromatic carbocycles. The second kappa shape index (κ2) is 8.71. The smallest absolute Gasteiger partial charge is 0.317 e. The van der Waals surface area contributed by atoms with E-state index in [4.69, 9.17) is 4.74 Å². The molecule has 0 aromatic heterocycles. The number of ether oxygens (including phenoxy) is 1. The molecule has 0 aliphatic carbocycles. The first-order chi connectivity index (χ1) is 12.9. The van der Waals surface area contributed by atoms with Gasteiger partial charge in [0, 0.05) is 32.7 Å². The van der Waals surface area contributed by atoms with Gasteiger partial charge in [-0.3, -0.25) is 4.79 Å². The summed E-state index contributed by atoms with van der Waals surface area (Å²) >= 11 is 0. The molecule has 2 fully saturated rings. The van der Waals surface area contributed by atoms with Crippen molar-refractivity contribution in [1.29, 1.82) is 0 Å². The Labute approximate surface area is 161 Å². The van der Waals surface area contributed by atoms with Crippen LogP contribution in [0, 0.1) is 12.8 Å². The minimum absolute atomic E-state index is 0.0338. The van der Waals surface area contributed by atoms with E-state index in [1.165, 1.54) is 0 Å². The molecular weight excluding hydrogens is 344 g/mol. The van der Waals surface area contributed by atoms with Gasteiger partial charge in [0.25, 0.3) is 0 Å². The van der Waals surface area contributed by atoms with Crippen LogP contribution in [0.1, 0.15) is 17.5 Å². The highest BCUT2D eigenvalue weighted by atomic mass is 16.5. The van der Waals surface area contributed by atoms with Gasteiger partial charge in [0.15, 0.2) is 0 Å². The van der Waals surface area contributed by atoms with Crippen LogP contribution in [0.5, 0.6) is 0 Å². The molecule has 7 nitrogen and oxygen atoms in total. The molecule has 3 amide bonds. The third kappa shape index (κ3) is 4.99. The van der Waals surface area contributed by atoms with Gasteiger partial charge in [-0.05, 0) is 38.6 Å². The zero-order chi connectivity index (χ0) is 19.4. The number of aryl methyl sites for hydroxylation is 1. The monoisotopic (exact) mass is 374 g/mol. The van der Waals surface area contributed by atoms with Crippen LogP contribution >= 0.6 is 0 Å². The lowest BCUT2D eigenvalue weighted by Crippen LogP contribution is -2.51. The van der Waals surface area contributed by atoms with E-state index >= 15 is 0 Å². The zero-order valence-corrected chi connectivity index (χ0v) is 16.4. The quantitative estimate of drug-likeness (QED) is 0.778. The van der Waals surface area contributed by atoms with Gasteiger partial charge in [0.1, 0.15) is 0 Å². The summed E-state index contributed by atoms with van der Waals surface area (Å²) in [7, 11) is 3.95. The highest BCUT2D eigenvalue weighted by molar-refractivity contribution is 5.80. The first kappa shape index (κ1) is 19.6. The van der Waals surface area contributed by atoms with Crippen molar-refractivity contribution in [3.8, 4) is 0 Å². The van der Waals surface area contributed by atoms with E-state index in [1.54, 1.807) is 4.90 Å². The summed E-state index contributed by atoms with van der Waals surface area (Å²) < 4.78 is 5.93. The molecule has 2 heterocycles. The fourth-order valence-electron chi connectivity index (χ4n) is 3.72. The van der Waals surface area contributed by atoms with E-state index in [9.17, 15) is 9.59 Å². The second-order valence-corrected chi connectivity index (χ2v) is 7.72. The van der Waals surface area contributed by atoms with Crippen molar-refractivity contribution >= 4 is 11.9 Å². The van der Waals surface area contributed by atoms with Crippen LogP contribution in [0.4, 0.5) is 4.79 Å². The fraction of sp³-hybridized carbons (Fsp3) is 0.600. The predicted molar refractivity (Wildman–Crippen MR) is 103 cm³/mol. The topological polar surface area (TPSA) is 73.9 Å². The number of carbonyl (C=O) groups is 2. The van der Waals surface area contributed by atoms with Gasteiger partial charge in [0.05, 0.1) is 18.1 Å². The van der Waals surface area contributed by atoms with Crippen LogP contribution in [0.3, 0.4) is 0 Å². The molecule has 0 spiro atoms. The molecule has 2 bridgehead atoms. The first-order valence-electron chi connectivity index (χ1n) is 9.59. The van der Waals surface area contributed by atoms with Crippen molar-refractivity contribution in [2.75, 3.05) is 40.3 Å². The number of hydrogen-bond acceptors (Lipinski definition) is 4. The van der Waals surface area contributed by atoms with Gasteiger partial charge in [-0.2, -0.15) is 0 Å². The van der Waals surface area contributed by atoms with E-state index in [0.29, 0.717) is 32.6 Å². The number of nitrogens with one attached hydrogen (secondary N) is 2. The molecule has 0 unspecified atom stereocenters. The molecule has 2 N–H and O–H groups in total. The van der Waals surface area contributed by atoms with Crippen molar-refractivity contribution in [1.82, 2.24) is 20.4 Å². The van der Waals surface area contributed by atoms with Crippen molar-refractivity contribution in [3.63, 3.8) is 0 Å². The average Bonchev–Trinajstić information content (AvgIpc) is 2.94. The summed E-state index contributed by atoms with van der Waals surface area (Å²) in [6.07, 6.45) is 0.407. The lowest BCUT2D eigenvalue weighted by molar-refractivity contribution is -0.127. The zero-order valence-electron chi connectivity index (χ0n) is 16.4. The molecule has 3 rings (SSSR count). The summed E-state index contributed by atoms with van der Waals surface area (Å²) in [4.78, 5) is 28.9. The maximum Gasteiger partial charge on any atom is 0.317 e. The summed E-state index contributed by atoms with van der Waals surface area (Å²) in [5.41, 5.74) is 2.27. The normalized spacial score (nSPS) is 24.1. The van der Waals surface area contributed by atoms with Crippen LogP contribution in [0.15, 0.2) is 24.3 Å².